The standard InChI is InChI=1S/C39H68N7O17P3S/c1-4-5-6-7-8-9-10-11-12-13-14-15-16-17-18-19-30(48)67-23-22-41-29(47)20-21-42-37(51)34(50)39(2,3)25-60-66(57,58)63-65(55,56)59-24-28-33(62-64(52,53)54)32(49)38(61-28)46-27-45-31-35(40)43-26-44-36(31)46/h18-19,26-28,32-34,38,49-50H,4-17,20-25H2,1-3H3,(H,41,47)(H,42,51)(H,55,56)(H,57,58)(H2,40,43,44)(H2,52,53,54)/t28-,32?,33+,34+,38-/m1/s1. The molecule has 2 aromatic rings. The number of fused-ring (bicyclic) bond motifs is 1. The maximum Gasteiger partial charge on any atom is 0.481 e. The van der Waals surface area contributed by atoms with Crippen molar-refractivity contribution < 1.29 is 80.5 Å². The van der Waals surface area contributed by atoms with Crippen LogP contribution in [-0.2, 0) is 50.7 Å². The fourth-order valence-corrected chi connectivity index (χ4v) is 10.2. The van der Waals surface area contributed by atoms with E-state index >= 15 is 0 Å². The largest absolute Gasteiger partial charge is 0.481 e. The Balaban J connectivity index is 1.31. The number of thioether (sulfide) groups is 1. The van der Waals surface area contributed by atoms with Crippen molar-refractivity contribution in [3.63, 3.8) is 0 Å². The molecule has 0 spiro atoms. The van der Waals surface area contributed by atoms with Gasteiger partial charge < -0.3 is 50.9 Å². The zero-order valence-corrected chi connectivity index (χ0v) is 41.6. The highest BCUT2D eigenvalue weighted by Crippen LogP contribution is 2.61. The summed E-state index contributed by atoms with van der Waals surface area (Å²) in [4.78, 5) is 88.2. The fraction of sp³-hybridized carbons (Fsp3) is 0.744. The Hall–Kier alpha value is -2.70. The number of rotatable bonds is 34. The lowest BCUT2D eigenvalue weighted by Gasteiger charge is -2.30. The second kappa shape index (κ2) is 28.8. The first-order valence-electron chi connectivity index (χ1n) is 22.3. The summed E-state index contributed by atoms with van der Waals surface area (Å²) >= 11 is 1.07. The van der Waals surface area contributed by atoms with E-state index in [1.807, 2.05) is 6.08 Å². The Kier molecular flexibility index (Phi) is 25.2. The lowest BCUT2D eigenvalue weighted by molar-refractivity contribution is -0.137. The van der Waals surface area contributed by atoms with Crippen LogP contribution in [0, 0.1) is 5.41 Å². The van der Waals surface area contributed by atoms with Crippen molar-refractivity contribution in [2.24, 2.45) is 5.41 Å². The molecule has 7 atom stereocenters. The number of anilines is 1. The lowest BCUT2D eigenvalue weighted by Crippen LogP contribution is -2.46. The molecule has 1 saturated heterocycles. The molecular formula is C39H68N7O17P3S. The van der Waals surface area contributed by atoms with Gasteiger partial charge in [-0.25, -0.2) is 28.6 Å². The molecule has 67 heavy (non-hydrogen) atoms. The van der Waals surface area contributed by atoms with Crippen LogP contribution in [0.4, 0.5) is 5.82 Å². The molecular weight excluding hydrogens is 963 g/mol. The van der Waals surface area contributed by atoms with Gasteiger partial charge in [-0.05, 0) is 18.9 Å². The number of amides is 2. The third-order valence-electron chi connectivity index (χ3n) is 10.5. The van der Waals surface area contributed by atoms with Gasteiger partial charge in [-0.15, -0.1) is 0 Å². The number of hydrogen-bond acceptors (Lipinski definition) is 18. The topological polar surface area (TPSA) is 364 Å². The second-order valence-corrected chi connectivity index (χ2v) is 22.0. The first-order chi connectivity index (χ1) is 31.6. The number of phosphoric ester groups is 3. The van der Waals surface area contributed by atoms with E-state index in [0.29, 0.717) is 5.75 Å². The number of carbonyl (C=O) groups excluding carboxylic acids is 3. The van der Waals surface area contributed by atoms with Crippen molar-refractivity contribution in [2.45, 2.75) is 148 Å². The number of ether oxygens (including phenoxy) is 1. The number of phosphoric acid groups is 3. The molecule has 2 aromatic heterocycles. The van der Waals surface area contributed by atoms with Crippen LogP contribution >= 0.6 is 35.2 Å². The van der Waals surface area contributed by atoms with Crippen molar-refractivity contribution in [3.05, 3.63) is 24.8 Å². The van der Waals surface area contributed by atoms with Crippen molar-refractivity contribution in [3.8, 4) is 0 Å². The molecule has 0 aromatic carbocycles. The normalized spacial score (nSPS) is 20.2. The zero-order chi connectivity index (χ0) is 49.7. The number of hydrogen-bond donors (Lipinski definition) is 9. The monoisotopic (exact) mass is 1030 g/mol. The van der Waals surface area contributed by atoms with E-state index < -0.39 is 84.6 Å². The van der Waals surface area contributed by atoms with E-state index in [1.54, 1.807) is 6.08 Å². The summed E-state index contributed by atoms with van der Waals surface area (Å²) in [5.74, 6) is -1.09. The first kappa shape index (κ1) is 58.6. The quantitative estimate of drug-likeness (QED) is 0.0260. The molecule has 0 aliphatic carbocycles. The lowest BCUT2D eigenvalue weighted by atomic mass is 9.87. The molecule has 1 fully saturated rings. The van der Waals surface area contributed by atoms with E-state index in [-0.39, 0.29) is 41.6 Å². The summed E-state index contributed by atoms with van der Waals surface area (Å²) in [6, 6.07) is 0. The molecule has 3 heterocycles. The Labute approximate surface area is 394 Å². The molecule has 2 amide bonds. The minimum absolute atomic E-state index is 0.0325. The maximum atomic E-state index is 12.7. The number of nitrogens with one attached hydrogen (secondary N) is 2. The average Bonchev–Trinajstić information content (AvgIpc) is 3.81. The van der Waals surface area contributed by atoms with Crippen LogP contribution in [0.2, 0.25) is 0 Å². The Morgan fingerprint density at radius 2 is 1.52 bits per heavy atom. The molecule has 28 heteroatoms. The number of nitrogens with zero attached hydrogens (tertiary/aromatic N) is 4. The van der Waals surface area contributed by atoms with E-state index in [9.17, 15) is 57.9 Å². The van der Waals surface area contributed by atoms with Crippen molar-refractivity contribution in [1.82, 2.24) is 30.2 Å². The summed E-state index contributed by atoms with van der Waals surface area (Å²) in [7, 11) is -16.4. The summed E-state index contributed by atoms with van der Waals surface area (Å²) in [6.07, 6.45) is 14.0. The number of nitrogens with two attached hydrogens (primary N) is 1. The van der Waals surface area contributed by atoms with Crippen LogP contribution in [0.1, 0.15) is 123 Å². The molecule has 0 radical (unpaired) electrons. The molecule has 24 nitrogen and oxygen atoms in total. The van der Waals surface area contributed by atoms with Gasteiger partial charge in [0.2, 0.25) is 16.9 Å². The summed E-state index contributed by atoms with van der Waals surface area (Å²) in [5.41, 5.74) is 4.28. The molecule has 10 N–H and O–H groups in total. The molecule has 3 unspecified atom stereocenters. The predicted octanol–water partition coefficient (Wildman–Crippen LogP) is 4.70. The van der Waals surface area contributed by atoms with E-state index in [4.69, 9.17) is 19.5 Å². The Morgan fingerprint density at radius 3 is 2.15 bits per heavy atom. The number of carbonyl (C=O) groups is 3. The summed E-state index contributed by atoms with van der Waals surface area (Å²) in [6.45, 7) is 2.76. The van der Waals surface area contributed by atoms with E-state index in [1.165, 1.54) is 84.5 Å². The predicted molar refractivity (Wildman–Crippen MR) is 247 cm³/mol. The number of aliphatic hydroxyl groups is 2. The van der Waals surface area contributed by atoms with Gasteiger partial charge in [0, 0.05) is 30.7 Å². The highest BCUT2D eigenvalue weighted by Gasteiger charge is 2.50. The number of imidazole rings is 1. The van der Waals surface area contributed by atoms with Crippen LogP contribution < -0.4 is 16.4 Å². The number of aromatic nitrogens is 4. The number of unbranched alkanes of at least 4 members (excludes halogenated alkanes) is 13. The minimum atomic E-state index is -5.58. The Morgan fingerprint density at radius 1 is 0.910 bits per heavy atom. The van der Waals surface area contributed by atoms with Crippen LogP contribution in [0.5, 0.6) is 0 Å². The SMILES string of the molecule is CCCCCCCCCCCCCCCC=CC(=O)SCCNC(=O)CCNC(=O)[C@H](O)C(C)(C)COP(=O)(O)OP(=O)(O)OC[C@H]1O[C@@H](n2cnc3c(N)ncnc32)C(O)[C@H]1OP(=O)(O)O. The van der Waals surface area contributed by atoms with Crippen molar-refractivity contribution in [1.29, 1.82) is 0 Å². The summed E-state index contributed by atoms with van der Waals surface area (Å²) in [5, 5.41) is 26.5. The van der Waals surface area contributed by atoms with Crippen molar-refractivity contribution >= 4 is 69.1 Å². The molecule has 1 aliphatic heterocycles. The second-order valence-electron chi connectivity index (χ2n) is 16.7. The first-order valence-corrected chi connectivity index (χ1v) is 27.8. The van der Waals surface area contributed by atoms with Gasteiger partial charge in [0.1, 0.15) is 36.3 Å². The molecule has 3 rings (SSSR count). The highest BCUT2D eigenvalue weighted by molar-refractivity contribution is 8.14. The number of nitrogen functional groups attached to an aromatic ring is 1. The minimum Gasteiger partial charge on any atom is -0.386 e. The van der Waals surface area contributed by atoms with Crippen LogP contribution in [0.25, 0.3) is 11.2 Å². The van der Waals surface area contributed by atoms with Crippen LogP contribution in [0.3, 0.4) is 0 Å². The summed E-state index contributed by atoms with van der Waals surface area (Å²) < 4.78 is 62.4. The number of allylic oxidation sites excluding steroid dienone is 1. The zero-order valence-electron chi connectivity index (χ0n) is 38.1. The van der Waals surface area contributed by atoms with Crippen LogP contribution in [0.15, 0.2) is 24.8 Å². The van der Waals surface area contributed by atoms with Gasteiger partial charge in [-0.1, -0.05) is 116 Å². The average molecular weight is 1030 g/mol. The van der Waals surface area contributed by atoms with Gasteiger partial charge >= 0.3 is 23.5 Å². The third-order valence-corrected chi connectivity index (χ3v) is 14.4. The molecule has 1 aliphatic rings. The van der Waals surface area contributed by atoms with Gasteiger partial charge in [0.25, 0.3) is 0 Å². The number of aliphatic hydroxyl groups excluding tert-OH is 2. The third kappa shape index (κ3) is 21.9. The van der Waals surface area contributed by atoms with Crippen LogP contribution in [-0.4, -0.2) is 123 Å². The van der Waals surface area contributed by atoms with Gasteiger partial charge in [0.05, 0.1) is 19.5 Å². The molecule has 382 valence electrons. The van der Waals surface area contributed by atoms with Gasteiger partial charge in [-0.2, -0.15) is 4.31 Å². The van der Waals surface area contributed by atoms with E-state index in [0.717, 1.165) is 48.2 Å². The van der Waals surface area contributed by atoms with Gasteiger partial charge in [-0.3, -0.25) is 32.5 Å². The molecule has 0 saturated carbocycles. The maximum absolute atomic E-state index is 12.7. The van der Waals surface area contributed by atoms with Crippen molar-refractivity contribution in [2.75, 3.05) is 37.8 Å². The van der Waals surface area contributed by atoms with E-state index in [2.05, 4.69) is 41.3 Å². The smallest absolute Gasteiger partial charge is 0.386 e. The fourth-order valence-electron chi connectivity index (χ4n) is 6.79. The Bertz CT molecular complexity index is 2040. The van der Waals surface area contributed by atoms with Gasteiger partial charge in [0.15, 0.2) is 17.7 Å². The highest BCUT2D eigenvalue weighted by atomic mass is 32.2. The molecule has 0 bridgehead atoms.